The van der Waals surface area contributed by atoms with Crippen molar-refractivity contribution in [1.82, 2.24) is 0 Å². The van der Waals surface area contributed by atoms with Gasteiger partial charge in [0.05, 0.1) is 0 Å². The van der Waals surface area contributed by atoms with E-state index in [9.17, 15) is 0 Å². The summed E-state index contributed by atoms with van der Waals surface area (Å²) in [5, 5.41) is 4.78. The minimum Gasteiger partial charge on any atom is -0.0790 e. The third-order valence-corrected chi connectivity index (χ3v) is 14.0. The first-order valence-corrected chi connectivity index (χ1v) is 17.3. The van der Waals surface area contributed by atoms with Gasteiger partial charge in [0.2, 0.25) is 0 Å². The number of allylic oxidation sites excluding steroid dienone is 4. The van der Waals surface area contributed by atoms with Gasteiger partial charge in [-0.3, -0.25) is 0 Å². The van der Waals surface area contributed by atoms with Crippen molar-refractivity contribution < 1.29 is 0 Å². The maximum Gasteiger partial charge on any atom is 0.159 e. The Morgan fingerprint density at radius 2 is 0.763 bits per heavy atom. The Morgan fingerprint density at radius 3 is 1.03 bits per heavy atom. The number of hydrogen-bond donors (Lipinski definition) is 0. The molecule has 1 heteroatoms. The van der Waals surface area contributed by atoms with Gasteiger partial charge in [-0.25, -0.2) is 0 Å². The second-order valence-electron chi connectivity index (χ2n) is 11.0. The van der Waals surface area contributed by atoms with Crippen LogP contribution in [0.25, 0.3) is 0 Å². The van der Waals surface area contributed by atoms with Gasteiger partial charge in [0.15, 0.2) is 8.07 Å². The molecule has 200 valence electrons. The standard InChI is InChI=1S/C37H48Si/c1-8-27-18-28(9-2)22-34(21-27)38(37-17-15-16-33(37)14-7,35-23-29(10-3)19-30(11-4)24-35)36-25-31(12-5)20-32(13-6)26-36/h15-26,37H,8-14H2,1-7H3. The smallest absolute Gasteiger partial charge is 0.0790 e. The topological polar surface area (TPSA) is 0 Å². The first-order valence-electron chi connectivity index (χ1n) is 15.2. The molecule has 0 N–H and O–H groups in total. The molecule has 1 atom stereocenters. The third kappa shape index (κ3) is 5.28. The molecule has 0 heterocycles. The molecule has 0 saturated carbocycles. The van der Waals surface area contributed by atoms with Crippen molar-refractivity contribution in [2.45, 2.75) is 99.0 Å². The third-order valence-electron chi connectivity index (χ3n) is 8.86. The minimum absolute atomic E-state index is 0.429. The Bertz CT molecular complexity index is 1120. The van der Waals surface area contributed by atoms with Crippen LogP contribution >= 0.6 is 0 Å². The fourth-order valence-corrected chi connectivity index (χ4v) is 12.3. The maximum absolute atomic E-state index is 2.60. The van der Waals surface area contributed by atoms with E-state index >= 15 is 0 Å². The van der Waals surface area contributed by atoms with Crippen molar-refractivity contribution >= 4 is 23.6 Å². The average molecular weight is 521 g/mol. The summed E-state index contributed by atoms with van der Waals surface area (Å²) in [6.07, 6.45) is 14.9. The predicted octanol–water partition coefficient (Wildman–Crippen LogP) is 7.81. The Hall–Kier alpha value is -2.64. The molecule has 0 spiro atoms. The first kappa shape index (κ1) is 28.4. The molecule has 0 amide bonds. The van der Waals surface area contributed by atoms with Crippen molar-refractivity contribution in [3.8, 4) is 0 Å². The van der Waals surface area contributed by atoms with Gasteiger partial charge in [0.25, 0.3) is 0 Å². The van der Waals surface area contributed by atoms with Crippen LogP contribution in [-0.4, -0.2) is 8.07 Å². The zero-order valence-corrected chi connectivity index (χ0v) is 26.0. The van der Waals surface area contributed by atoms with E-state index in [1.165, 1.54) is 33.4 Å². The van der Waals surface area contributed by atoms with Crippen molar-refractivity contribution in [3.63, 3.8) is 0 Å². The van der Waals surface area contributed by atoms with Crippen molar-refractivity contribution in [2.24, 2.45) is 0 Å². The SMILES string of the molecule is CCC1=CC=CC1[Si](c1cc(CC)cc(CC)c1)(c1cc(CC)cc(CC)c1)c1cc(CC)cc(CC)c1. The van der Waals surface area contributed by atoms with Gasteiger partial charge in [-0.2, -0.15) is 0 Å². The number of hydrogen-bond acceptors (Lipinski definition) is 0. The lowest BCUT2D eigenvalue weighted by Crippen LogP contribution is -2.70. The zero-order chi connectivity index (χ0) is 27.3. The summed E-state index contributed by atoms with van der Waals surface area (Å²) in [5.74, 6) is 0. The molecule has 0 nitrogen and oxygen atoms in total. The summed E-state index contributed by atoms with van der Waals surface area (Å²) < 4.78 is 0. The zero-order valence-electron chi connectivity index (χ0n) is 25.0. The molecular formula is C37H48Si. The van der Waals surface area contributed by atoms with E-state index in [-0.39, 0.29) is 0 Å². The van der Waals surface area contributed by atoms with E-state index < -0.39 is 8.07 Å². The average Bonchev–Trinajstić information content (AvgIpc) is 3.45. The first-order chi connectivity index (χ1) is 18.5. The normalized spacial score (nSPS) is 15.2. The van der Waals surface area contributed by atoms with Gasteiger partial charge in [-0.15, -0.1) is 0 Å². The molecule has 0 bridgehead atoms. The monoisotopic (exact) mass is 520 g/mol. The molecule has 0 aromatic heterocycles. The molecule has 0 aliphatic heterocycles. The molecular weight excluding hydrogens is 472 g/mol. The molecule has 1 unspecified atom stereocenters. The fraction of sp³-hybridized carbons (Fsp3) is 0.405. The number of aryl methyl sites for hydroxylation is 6. The highest BCUT2D eigenvalue weighted by Crippen LogP contribution is 2.38. The van der Waals surface area contributed by atoms with Crippen LogP contribution in [0.1, 0.15) is 88.3 Å². The summed E-state index contributed by atoms with van der Waals surface area (Å²) in [6, 6.07) is 22.9. The van der Waals surface area contributed by atoms with Crippen LogP contribution in [0.2, 0.25) is 5.54 Å². The van der Waals surface area contributed by atoms with Crippen molar-refractivity contribution in [2.75, 3.05) is 0 Å². The van der Waals surface area contributed by atoms with Crippen LogP contribution in [0, 0.1) is 0 Å². The Labute approximate surface area is 233 Å². The van der Waals surface area contributed by atoms with Gasteiger partial charge in [0, 0.05) is 5.54 Å². The van der Waals surface area contributed by atoms with Crippen molar-refractivity contribution in [3.05, 3.63) is 112 Å². The van der Waals surface area contributed by atoms with Crippen LogP contribution in [0.3, 0.4) is 0 Å². The highest BCUT2D eigenvalue weighted by Gasteiger charge is 2.48. The quantitative estimate of drug-likeness (QED) is 0.179. The molecule has 4 rings (SSSR count). The summed E-state index contributed by atoms with van der Waals surface area (Å²) >= 11 is 0. The van der Waals surface area contributed by atoms with E-state index in [1.807, 2.05) is 0 Å². The molecule has 0 radical (unpaired) electrons. The maximum atomic E-state index is 2.60. The Morgan fingerprint density at radius 1 is 0.447 bits per heavy atom. The Kier molecular flexibility index (Phi) is 9.31. The summed E-state index contributed by atoms with van der Waals surface area (Å²) in [6.45, 7) is 16.2. The van der Waals surface area contributed by atoms with Gasteiger partial charge < -0.3 is 0 Å². The van der Waals surface area contributed by atoms with Crippen LogP contribution < -0.4 is 15.6 Å². The highest BCUT2D eigenvalue weighted by atomic mass is 28.3. The number of rotatable bonds is 11. The van der Waals surface area contributed by atoms with Crippen molar-refractivity contribution in [1.29, 1.82) is 0 Å². The van der Waals surface area contributed by atoms with Gasteiger partial charge in [0.1, 0.15) is 0 Å². The summed E-state index contributed by atoms with van der Waals surface area (Å²) in [5.41, 5.74) is 10.9. The molecule has 1 aliphatic rings. The lowest BCUT2D eigenvalue weighted by Gasteiger charge is -2.41. The van der Waals surface area contributed by atoms with Crippen LogP contribution in [0.15, 0.2) is 78.4 Å². The predicted molar refractivity (Wildman–Crippen MR) is 172 cm³/mol. The number of benzene rings is 3. The molecule has 1 aliphatic carbocycles. The van der Waals surface area contributed by atoms with E-state index in [1.54, 1.807) is 21.1 Å². The van der Waals surface area contributed by atoms with Gasteiger partial charge in [-0.1, -0.05) is 127 Å². The molecule has 0 fully saturated rings. The van der Waals surface area contributed by atoms with E-state index in [2.05, 4.69) is 121 Å². The van der Waals surface area contributed by atoms with Crippen LogP contribution in [0.5, 0.6) is 0 Å². The van der Waals surface area contributed by atoms with Gasteiger partial charge in [-0.05, 0) is 93.9 Å². The largest absolute Gasteiger partial charge is 0.159 e. The molecule has 3 aromatic carbocycles. The lowest BCUT2D eigenvalue weighted by molar-refractivity contribution is 1.02. The molecule has 3 aromatic rings. The summed E-state index contributed by atoms with van der Waals surface area (Å²) in [7, 11) is -2.52. The second kappa shape index (κ2) is 12.5. The van der Waals surface area contributed by atoms with E-state index in [0.717, 1.165) is 44.9 Å². The van der Waals surface area contributed by atoms with Gasteiger partial charge >= 0.3 is 0 Å². The highest BCUT2D eigenvalue weighted by molar-refractivity contribution is 7.13. The second-order valence-corrected chi connectivity index (χ2v) is 15.0. The lowest BCUT2D eigenvalue weighted by atomic mass is 10.1. The molecule has 0 saturated heterocycles. The van der Waals surface area contributed by atoms with E-state index in [4.69, 9.17) is 0 Å². The minimum atomic E-state index is -2.52. The van der Waals surface area contributed by atoms with Crippen LogP contribution in [-0.2, 0) is 38.5 Å². The van der Waals surface area contributed by atoms with Crippen LogP contribution in [0.4, 0.5) is 0 Å². The molecule has 38 heavy (non-hydrogen) atoms. The Balaban J connectivity index is 2.24. The summed E-state index contributed by atoms with van der Waals surface area (Å²) in [4.78, 5) is 0. The van der Waals surface area contributed by atoms with E-state index in [0.29, 0.717) is 5.54 Å². The fourth-order valence-electron chi connectivity index (χ4n) is 6.51.